The predicted molar refractivity (Wildman–Crippen MR) is 85.2 cm³/mol. The summed E-state index contributed by atoms with van der Waals surface area (Å²) in [4.78, 5) is 26.3. The highest BCUT2D eigenvalue weighted by Gasteiger charge is 2.36. The van der Waals surface area contributed by atoms with Gasteiger partial charge in [-0.3, -0.25) is 9.59 Å². The van der Waals surface area contributed by atoms with E-state index in [2.05, 4.69) is 5.32 Å². The Morgan fingerprint density at radius 1 is 1.18 bits per heavy atom. The van der Waals surface area contributed by atoms with Gasteiger partial charge in [0.1, 0.15) is 6.04 Å². The summed E-state index contributed by atoms with van der Waals surface area (Å²) in [5.41, 5.74) is -0.766. The van der Waals surface area contributed by atoms with Gasteiger partial charge in [-0.15, -0.1) is 0 Å². The highest BCUT2D eigenvalue weighted by molar-refractivity contribution is 5.88. The van der Waals surface area contributed by atoms with Crippen molar-refractivity contribution in [3.63, 3.8) is 0 Å². The van der Waals surface area contributed by atoms with Crippen molar-refractivity contribution in [3.05, 3.63) is 0 Å². The van der Waals surface area contributed by atoms with E-state index in [1.54, 1.807) is 4.90 Å². The minimum Gasteiger partial charge on any atom is -0.388 e. The maximum atomic E-state index is 12.4. The molecular weight excluding hydrogens is 280 g/mol. The molecule has 22 heavy (non-hydrogen) atoms. The molecule has 1 saturated carbocycles. The van der Waals surface area contributed by atoms with Gasteiger partial charge in [0.25, 0.3) is 0 Å². The van der Waals surface area contributed by atoms with Crippen LogP contribution in [0.25, 0.3) is 0 Å². The minimum atomic E-state index is -0.766. The Hall–Kier alpha value is -1.10. The van der Waals surface area contributed by atoms with Crippen LogP contribution in [0.2, 0.25) is 0 Å². The average molecular weight is 310 g/mol. The lowest BCUT2D eigenvalue weighted by molar-refractivity contribution is -0.141. The van der Waals surface area contributed by atoms with Gasteiger partial charge < -0.3 is 15.3 Å². The van der Waals surface area contributed by atoms with Crippen LogP contribution in [0, 0.1) is 5.92 Å². The number of hydrogen-bond donors (Lipinski definition) is 2. The first-order chi connectivity index (χ1) is 10.4. The van der Waals surface area contributed by atoms with Gasteiger partial charge in [-0.2, -0.15) is 0 Å². The van der Waals surface area contributed by atoms with E-state index in [0.717, 1.165) is 51.4 Å². The van der Waals surface area contributed by atoms with E-state index in [4.69, 9.17) is 0 Å². The Balaban J connectivity index is 1.89. The second kappa shape index (κ2) is 7.44. The molecule has 1 heterocycles. The van der Waals surface area contributed by atoms with Gasteiger partial charge in [0.2, 0.25) is 11.8 Å². The molecule has 2 amide bonds. The highest BCUT2D eigenvalue weighted by Crippen LogP contribution is 2.27. The Bertz CT molecular complexity index is 401. The van der Waals surface area contributed by atoms with Crippen molar-refractivity contribution in [2.45, 2.75) is 76.9 Å². The Morgan fingerprint density at radius 3 is 2.41 bits per heavy atom. The number of carbonyl (C=O) groups is 2. The molecule has 1 atom stereocenters. The molecule has 5 heteroatoms. The van der Waals surface area contributed by atoms with E-state index in [-0.39, 0.29) is 23.8 Å². The molecule has 0 radical (unpaired) electrons. The summed E-state index contributed by atoms with van der Waals surface area (Å²) >= 11 is 0. The molecule has 5 nitrogen and oxygen atoms in total. The van der Waals surface area contributed by atoms with Gasteiger partial charge in [0.05, 0.1) is 5.60 Å². The van der Waals surface area contributed by atoms with Crippen LogP contribution in [-0.4, -0.2) is 46.6 Å². The zero-order chi connectivity index (χ0) is 16.2. The van der Waals surface area contributed by atoms with Gasteiger partial charge in [0.15, 0.2) is 0 Å². The molecule has 1 unspecified atom stereocenters. The molecule has 2 fully saturated rings. The topological polar surface area (TPSA) is 69.6 Å². The van der Waals surface area contributed by atoms with Crippen LogP contribution in [0.5, 0.6) is 0 Å². The van der Waals surface area contributed by atoms with Crippen molar-refractivity contribution in [2.24, 2.45) is 5.92 Å². The molecule has 0 bridgehead atoms. The lowest BCUT2D eigenvalue weighted by Crippen LogP contribution is -2.51. The maximum absolute atomic E-state index is 12.4. The fourth-order valence-electron chi connectivity index (χ4n) is 3.57. The Morgan fingerprint density at radius 2 is 1.82 bits per heavy atom. The summed E-state index contributed by atoms with van der Waals surface area (Å²) in [5, 5.41) is 13.5. The van der Waals surface area contributed by atoms with Crippen molar-refractivity contribution in [2.75, 3.05) is 13.1 Å². The number of nitrogens with zero attached hydrogens (tertiary/aromatic N) is 1. The zero-order valence-corrected chi connectivity index (χ0v) is 13.9. The molecule has 2 N–H and O–H groups in total. The number of amides is 2. The van der Waals surface area contributed by atoms with E-state index >= 15 is 0 Å². The standard InChI is InChI=1S/C17H30N2O3/c1-13(2)16(21)19-11-7-8-14(19)15(20)18-12-17(22)9-5-3-4-6-10-17/h13-14,22H,3-12H2,1-2H3,(H,18,20). The first-order valence-electron chi connectivity index (χ1n) is 8.73. The number of nitrogens with one attached hydrogen (secondary N) is 1. The van der Waals surface area contributed by atoms with E-state index in [1.807, 2.05) is 13.8 Å². The first-order valence-corrected chi connectivity index (χ1v) is 8.73. The quantitative estimate of drug-likeness (QED) is 0.778. The molecule has 0 aromatic heterocycles. The fraction of sp³-hybridized carbons (Fsp3) is 0.882. The number of hydrogen-bond acceptors (Lipinski definition) is 3. The molecule has 1 saturated heterocycles. The number of aliphatic hydroxyl groups is 1. The lowest BCUT2D eigenvalue weighted by Gasteiger charge is -2.30. The number of carbonyl (C=O) groups excluding carboxylic acids is 2. The van der Waals surface area contributed by atoms with E-state index in [9.17, 15) is 14.7 Å². The Labute approximate surface area is 133 Å². The lowest BCUT2D eigenvalue weighted by atomic mass is 9.94. The third kappa shape index (κ3) is 4.22. The van der Waals surface area contributed by atoms with Crippen LogP contribution in [0.3, 0.4) is 0 Å². The molecule has 1 aliphatic carbocycles. The van der Waals surface area contributed by atoms with Crippen molar-refractivity contribution in [1.29, 1.82) is 0 Å². The van der Waals surface area contributed by atoms with E-state index in [1.165, 1.54) is 0 Å². The highest BCUT2D eigenvalue weighted by atomic mass is 16.3. The molecule has 126 valence electrons. The fourth-order valence-corrected chi connectivity index (χ4v) is 3.57. The van der Waals surface area contributed by atoms with Crippen molar-refractivity contribution in [3.8, 4) is 0 Å². The van der Waals surface area contributed by atoms with Gasteiger partial charge in [0, 0.05) is 19.0 Å². The first kappa shape index (κ1) is 17.3. The van der Waals surface area contributed by atoms with Gasteiger partial charge in [-0.25, -0.2) is 0 Å². The summed E-state index contributed by atoms with van der Waals surface area (Å²) < 4.78 is 0. The van der Waals surface area contributed by atoms with Gasteiger partial charge in [-0.1, -0.05) is 39.5 Å². The number of likely N-dealkylation sites (tertiary alicyclic amines) is 1. The SMILES string of the molecule is CC(C)C(=O)N1CCCC1C(=O)NCC1(O)CCCCCC1. The number of rotatable bonds is 4. The van der Waals surface area contributed by atoms with Crippen LogP contribution in [0.1, 0.15) is 65.2 Å². The second-order valence-electron chi connectivity index (χ2n) is 7.20. The minimum absolute atomic E-state index is 0.0471. The zero-order valence-electron chi connectivity index (χ0n) is 13.9. The largest absolute Gasteiger partial charge is 0.388 e. The van der Waals surface area contributed by atoms with Crippen LogP contribution in [0.15, 0.2) is 0 Å². The molecule has 2 rings (SSSR count). The summed E-state index contributed by atoms with van der Waals surface area (Å²) in [6, 6.07) is -0.357. The molecule has 0 aromatic rings. The smallest absolute Gasteiger partial charge is 0.242 e. The average Bonchev–Trinajstić information content (AvgIpc) is 2.87. The van der Waals surface area contributed by atoms with Crippen LogP contribution in [-0.2, 0) is 9.59 Å². The van der Waals surface area contributed by atoms with Gasteiger partial charge in [-0.05, 0) is 25.7 Å². The van der Waals surface area contributed by atoms with Crippen LogP contribution in [0.4, 0.5) is 0 Å². The van der Waals surface area contributed by atoms with Crippen molar-refractivity contribution < 1.29 is 14.7 Å². The summed E-state index contributed by atoms with van der Waals surface area (Å²) in [6.45, 7) is 4.71. The van der Waals surface area contributed by atoms with Gasteiger partial charge >= 0.3 is 0 Å². The maximum Gasteiger partial charge on any atom is 0.242 e. The second-order valence-corrected chi connectivity index (χ2v) is 7.20. The molecule has 0 aromatic carbocycles. The molecular formula is C17H30N2O3. The summed E-state index contributed by atoms with van der Waals surface area (Å²) in [5.74, 6) is -0.144. The van der Waals surface area contributed by atoms with Crippen LogP contribution >= 0.6 is 0 Å². The molecule has 1 aliphatic heterocycles. The normalized spacial score (nSPS) is 25.1. The van der Waals surface area contributed by atoms with E-state index in [0.29, 0.717) is 13.1 Å². The Kier molecular flexibility index (Phi) is 5.84. The van der Waals surface area contributed by atoms with Crippen molar-refractivity contribution in [1.82, 2.24) is 10.2 Å². The monoisotopic (exact) mass is 310 g/mol. The predicted octanol–water partition coefficient (Wildman–Crippen LogP) is 1.83. The van der Waals surface area contributed by atoms with E-state index < -0.39 is 5.60 Å². The summed E-state index contributed by atoms with van der Waals surface area (Å²) in [7, 11) is 0. The molecule has 2 aliphatic rings. The third-order valence-corrected chi connectivity index (χ3v) is 4.96. The molecule has 0 spiro atoms. The van der Waals surface area contributed by atoms with Crippen molar-refractivity contribution >= 4 is 11.8 Å². The van der Waals surface area contributed by atoms with Crippen LogP contribution < -0.4 is 5.32 Å². The summed E-state index contributed by atoms with van der Waals surface area (Å²) in [6.07, 6.45) is 7.48. The third-order valence-electron chi connectivity index (χ3n) is 4.96.